The first kappa shape index (κ1) is 35.7. The molecule has 2 amide bonds. The largest absolute Gasteiger partial charge is 0.542 e. The van der Waals surface area contributed by atoms with Crippen LogP contribution in [0.25, 0.3) is 10.9 Å². The number of benzene rings is 1. The van der Waals surface area contributed by atoms with Gasteiger partial charge in [0.05, 0.1) is 5.75 Å². The summed E-state index contributed by atoms with van der Waals surface area (Å²) in [6, 6.07) is 8.89. The molecule has 0 aliphatic heterocycles. The molecular weight excluding hydrogens is 580 g/mol. The van der Waals surface area contributed by atoms with Gasteiger partial charge in [-0.2, -0.15) is 38.1 Å². The van der Waals surface area contributed by atoms with Crippen LogP contribution in [0.1, 0.15) is 45.1 Å². The van der Waals surface area contributed by atoms with E-state index in [9.17, 15) is 40.7 Å². The van der Waals surface area contributed by atoms with Crippen molar-refractivity contribution in [3.05, 3.63) is 42.1 Å². The van der Waals surface area contributed by atoms with Gasteiger partial charge in [-0.1, -0.05) is 26.0 Å². The maximum Gasteiger partial charge on any atom is 0.450 e. The number of pyridine rings is 1. The van der Waals surface area contributed by atoms with Crippen LogP contribution in [0, 0.1) is 5.92 Å². The van der Waals surface area contributed by atoms with Crippen LogP contribution in [0.4, 0.5) is 26.3 Å². The van der Waals surface area contributed by atoms with Crippen LogP contribution >= 0.6 is 11.8 Å². The number of carboxylic acids is 1. The summed E-state index contributed by atoms with van der Waals surface area (Å²) < 4.78 is 68.5. The lowest BCUT2D eigenvalue weighted by atomic mass is 10.1. The van der Waals surface area contributed by atoms with Crippen LogP contribution in [0.5, 0.6) is 0 Å². The number of thioether (sulfide) groups is 1. The Labute approximate surface area is 236 Å². The highest BCUT2D eigenvalue weighted by molar-refractivity contribution is 7.99. The van der Waals surface area contributed by atoms with Gasteiger partial charge in [0.15, 0.2) is 6.20 Å². The fraction of sp³-hybridized carbons (Fsp3) is 0.500. The highest BCUT2D eigenvalue weighted by Crippen LogP contribution is 2.19. The third-order valence-corrected chi connectivity index (χ3v) is 6.39. The predicted molar refractivity (Wildman–Crippen MR) is 137 cm³/mol. The van der Waals surface area contributed by atoms with Crippen molar-refractivity contribution in [1.82, 2.24) is 10.6 Å². The fourth-order valence-corrected chi connectivity index (χ4v) is 4.04. The number of carbonyl (C=O) groups excluding carboxylic acids is 4. The molecule has 1 atom stereocenters. The van der Waals surface area contributed by atoms with Crippen molar-refractivity contribution in [2.24, 2.45) is 5.92 Å². The van der Waals surface area contributed by atoms with E-state index in [1.807, 2.05) is 44.2 Å². The summed E-state index contributed by atoms with van der Waals surface area (Å²) in [5, 5.41) is 15.4. The number of ketones is 1. The van der Waals surface area contributed by atoms with Crippen molar-refractivity contribution < 1.29 is 55.6 Å². The summed E-state index contributed by atoms with van der Waals surface area (Å²) in [5.74, 6) is -5.43. The highest BCUT2D eigenvalue weighted by atomic mass is 32.2. The standard InChI is InChI=1S/C24H30F3N3O3S.C2HF3O2/c1-16(2)9-10-22(32)30-20(8-5-11-34-15-21(31)24(25,26)27)23(33)29-14-17-12-18-6-3-4-7-19(18)28-13-17;3-2(4,5)1(6)7/h3-4,6-7,12-13,16,20H,5,8-11,14-15H2,1-2H3,(H,29,33)(H,30,32);(H,6,7)/t20-;/m0./s1. The van der Waals surface area contributed by atoms with Gasteiger partial charge in [-0.05, 0) is 43.1 Å². The molecule has 0 bridgehead atoms. The maximum atomic E-state index is 12.8. The van der Waals surface area contributed by atoms with Gasteiger partial charge in [0.2, 0.25) is 23.1 Å². The number of alkyl halides is 6. The Balaban J connectivity index is 0.00000106. The average Bonchev–Trinajstić information content (AvgIpc) is 2.88. The molecule has 8 nitrogen and oxygen atoms in total. The minimum absolute atomic E-state index is 0.243. The van der Waals surface area contributed by atoms with Gasteiger partial charge in [0, 0.05) is 30.0 Å². The van der Waals surface area contributed by atoms with Crippen LogP contribution in [-0.4, -0.2) is 53.5 Å². The van der Waals surface area contributed by atoms with Gasteiger partial charge in [0.1, 0.15) is 12.0 Å². The van der Waals surface area contributed by atoms with Crippen molar-refractivity contribution in [1.29, 1.82) is 0 Å². The number of H-pyrrole nitrogens is 1. The Bertz CT molecular complexity index is 1170. The monoisotopic (exact) mass is 611 g/mol. The summed E-state index contributed by atoms with van der Waals surface area (Å²) in [5.41, 5.74) is 1.83. The van der Waals surface area contributed by atoms with E-state index in [4.69, 9.17) is 9.90 Å². The van der Waals surface area contributed by atoms with Crippen molar-refractivity contribution >= 4 is 46.2 Å². The first-order chi connectivity index (χ1) is 19.0. The van der Waals surface area contributed by atoms with E-state index in [0.29, 0.717) is 18.8 Å². The van der Waals surface area contributed by atoms with E-state index in [2.05, 4.69) is 15.6 Å². The Hall–Kier alpha value is -3.36. The molecule has 0 radical (unpaired) electrons. The lowest BCUT2D eigenvalue weighted by molar-refractivity contribution is -0.345. The summed E-state index contributed by atoms with van der Waals surface area (Å²) in [4.78, 5) is 48.0. The zero-order chi connectivity index (χ0) is 31.2. The second-order valence-corrected chi connectivity index (χ2v) is 10.4. The molecule has 1 aromatic heterocycles. The number of aliphatic carboxylic acids is 1. The van der Waals surface area contributed by atoms with E-state index in [1.165, 1.54) is 0 Å². The number of para-hydroxylation sites is 1. The molecule has 1 heterocycles. The van der Waals surface area contributed by atoms with Crippen molar-refractivity contribution in [2.45, 2.75) is 64.5 Å². The van der Waals surface area contributed by atoms with Crippen LogP contribution in [-0.2, 0) is 25.7 Å². The molecule has 0 aliphatic rings. The number of halogens is 6. The summed E-state index contributed by atoms with van der Waals surface area (Å²) in [6.45, 7) is 4.25. The maximum absolute atomic E-state index is 12.8. The molecule has 41 heavy (non-hydrogen) atoms. The molecule has 0 spiro atoms. The number of aromatic amines is 1. The minimum Gasteiger partial charge on any atom is -0.542 e. The molecule has 2 aromatic rings. The number of Topliss-reactive ketones (excluding diaryl/α,β-unsaturated/α-hetero) is 1. The van der Waals surface area contributed by atoms with E-state index in [0.717, 1.165) is 28.2 Å². The van der Waals surface area contributed by atoms with Crippen LogP contribution in [0.15, 0.2) is 36.5 Å². The summed E-state index contributed by atoms with van der Waals surface area (Å²) in [7, 11) is 0. The second kappa shape index (κ2) is 16.8. The number of rotatable bonds is 13. The Morgan fingerprint density at radius 1 is 1.00 bits per heavy atom. The van der Waals surface area contributed by atoms with Gasteiger partial charge in [-0.3, -0.25) is 14.4 Å². The van der Waals surface area contributed by atoms with Crippen molar-refractivity contribution in [3.63, 3.8) is 0 Å². The molecule has 0 aliphatic carbocycles. The third-order valence-electron chi connectivity index (χ3n) is 5.34. The van der Waals surface area contributed by atoms with Gasteiger partial charge in [0.25, 0.3) is 0 Å². The average molecular weight is 612 g/mol. The molecule has 3 N–H and O–H groups in total. The first-order valence-electron chi connectivity index (χ1n) is 12.4. The van der Waals surface area contributed by atoms with E-state index in [1.54, 1.807) is 6.20 Å². The number of fused-ring (bicyclic) bond motifs is 1. The first-order valence-corrected chi connectivity index (χ1v) is 13.6. The van der Waals surface area contributed by atoms with E-state index >= 15 is 0 Å². The normalized spacial score (nSPS) is 12.3. The molecule has 0 fully saturated rings. The quantitative estimate of drug-likeness (QED) is 0.265. The number of amides is 2. The van der Waals surface area contributed by atoms with E-state index in [-0.39, 0.29) is 37.0 Å². The molecule has 0 unspecified atom stereocenters. The van der Waals surface area contributed by atoms with Crippen LogP contribution in [0.2, 0.25) is 0 Å². The van der Waals surface area contributed by atoms with Gasteiger partial charge in [-0.15, -0.1) is 0 Å². The molecule has 0 saturated carbocycles. The van der Waals surface area contributed by atoms with Crippen molar-refractivity contribution in [2.75, 3.05) is 11.5 Å². The van der Waals surface area contributed by atoms with Gasteiger partial charge in [-0.25, -0.2) is 4.98 Å². The van der Waals surface area contributed by atoms with Gasteiger partial charge >= 0.3 is 12.4 Å². The molecule has 228 valence electrons. The predicted octanol–water partition coefficient (Wildman–Crippen LogP) is 3.13. The fourth-order valence-electron chi connectivity index (χ4n) is 3.17. The smallest absolute Gasteiger partial charge is 0.450 e. The third kappa shape index (κ3) is 14.7. The summed E-state index contributed by atoms with van der Waals surface area (Å²) >= 11 is 0.868. The SMILES string of the molecule is CC(C)CCC(=O)N[C@@H](CCCSCC(=O)C(F)(F)F)C(=O)NCc1c[nH+]c2ccccc2c1.O=C([O-])C(F)(F)F. The van der Waals surface area contributed by atoms with E-state index < -0.39 is 35.9 Å². The van der Waals surface area contributed by atoms with Gasteiger partial charge < -0.3 is 20.5 Å². The number of carbonyl (C=O) groups is 4. The summed E-state index contributed by atoms with van der Waals surface area (Å²) in [6.07, 6.45) is -6.62. The molecule has 1 aromatic carbocycles. The van der Waals surface area contributed by atoms with Crippen LogP contribution in [0.3, 0.4) is 0 Å². The number of nitrogens with one attached hydrogen (secondary N) is 3. The molecule has 0 saturated heterocycles. The zero-order valence-corrected chi connectivity index (χ0v) is 23.1. The highest BCUT2D eigenvalue weighted by Gasteiger charge is 2.37. The Morgan fingerprint density at radius 3 is 2.22 bits per heavy atom. The Kier molecular flexibility index (Phi) is 14.6. The zero-order valence-electron chi connectivity index (χ0n) is 22.3. The molecular formula is C26H31F6N3O5S. The Morgan fingerprint density at radius 2 is 1.63 bits per heavy atom. The molecule has 15 heteroatoms. The number of hydrogen-bond donors (Lipinski definition) is 2. The topological polar surface area (TPSA) is 130 Å². The lowest BCUT2D eigenvalue weighted by Gasteiger charge is -2.19. The second-order valence-electron chi connectivity index (χ2n) is 9.27. The molecule has 2 rings (SSSR count). The number of aromatic nitrogens is 1. The lowest BCUT2D eigenvalue weighted by Crippen LogP contribution is -2.46. The number of carboxylic acid groups (broad SMARTS) is 1. The van der Waals surface area contributed by atoms with Crippen LogP contribution < -0.4 is 20.7 Å². The minimum atomic E-state index is -5.19. The number of hydrogen-bond acceptors (Lipinski definition) is 6. The van der Waals surface area contributed by atoms with Crippen molar-refractivity contribution in [3.8, 4) is 0 Å².